The van der Waals surface area contributed by atoms with Crippen molar-refractivity contribution in [2.75, 3.05) is 6.61 Å². The van der Waals surface area contributed by atoms with Crippen LogP contribution in [0.5, 0.6) is 0 Å². The summed E-state index contributed by atoms with van der Waals surface area (Å²) in [5, 5.41) is 3.08. The van der Waals surface area contributed by atoms with Crippen molar-refractivity contribution in [1.29, 1.82) is 0 Å². The zero-order valence-corrected chi connectivity index (χ0v) is 19.3. The minimum Gasteiger partial charge on any atom is -0.451 e. The van der Waals surface area contributed by atoms with E-state index in [-0.39, 0.29) is 12.0 Å². The Hall–Kier alpha value is -0.380. The highest BCUT2D eigenvalue weighted by molar-refractivity contribution is 7.11. The van der Waals surface area contributed by atoms with Gasteiger partial charge in [-0.15, -0.1) is 0 Å². The Morgan fingerprint density at radius 3 is 1.88 bits per heavy atom. The third-order valence-electron chi connectivity index (χ3n) is 3.52. The van der Waals surface area contributed by atoms with Crippen molar-refractivity contribution in [3.8, 4) is 0 Å². The number of carbonyl (C=O) groups excluding carboxylic acids is 3. The van der Waals surface area contributed by atoms with Crippen molar-refractivity contribution in [1.82, 2.24) is 5.32 Å². The molecule has 0 bridgehead atoms. The number of hydrogen-bond donors (Lipinski definition) is 1. The van der Waals surface area contributed by atoms with Crippen LogP contribution >= 0.6 is 28.4 Å². The van der Waals surface area contributed by atoms with Crippen LogP contribution in [0.4, 0.5) is 0 Å². The van der Waals surface area contributed by atoms with Gasteiger partial charge in [-0.05, 0) is 41.0 Å². The van der Waals surface area contributed by atoms with Crippen LogP contribution in [0.2, 0.25) is 0 Å². The average molecular weight is 429 g/mol. The minimum absolute atomic E-state index is 0.289. The molecular weight excluding hydrogens is 399 g/mol. The first-order valence-corrected chi connectivity index (χ1v) is 9.40. The quantitative estimate of drug-likeness (QED) is 0.526. The Labute approximate surface area is 162 Å². The van der Waals surface area contributed by atoms with E-state index in [4.69, 9.17) is 9.26 Å². The van der Waals surface area contributed by atoms with Gasteiger partial charge in [-0.2, -0.15) is 0 Å². The van der Waals surface area contributed by atoms with Crippen LogP contribution in [0.3, 0.4) is 0 Å². The molecule has 0 aliphatic rings. The lowest BCUT2D eigenvalue weighted by Gasteiger charge is -2.34. The van der Waals surface area contributed by atoms with Crippen molar-refractivity contribution < 1.29 is 32.7 Å². The van der Waals surface area contributed by atoms with Gasteiger partial charge >= 0.3 is 17.9 Å². The van der Waals surface area contributed by atoms with E-state index < -0.39 is 35.4 Å². The molecule has 0 spiro atoms. The number of hydrogen-bond acceptors (Lipinski definition) is 8. The van der Waals surface area contributed by atoms with Crippen molar-refractivity contribution in [2.45, 2.75) is 64.6 Å². The summed E-state index contributed by atoms with van der Waals surface area (Å²) in [5.74, 6) is -3.25. The predicted octanol–water partition coefficient (Wildman–Crippen LogP) is 1.93. The molecule has 0 rings (SSSR count). The van der Waals surface area contributed by atoms with Crippen molar-refractivity contribution in [2.24, 2.45) is 5.92 Å². The van der Waals surface area contributed by atoms with Gasteiger partial charge in [0.25, 0.3) is 0 Å². The second-order valence-corrected chi connectivity index (χ2v) is 8.10. The van der Waals surface area contributed by atoms with Crippen LogP contribution in [-0.2, 0) is 32.7 Å². The molecule has 0 saturated carbocycles. The van der Waals surface area contributed by atoms with E-state index in [1.807, 2.05) is 63.0 Å². The molecule has 0 aromatic heterocycles. The van der Waals surface area contributed by atoms with E-state index in [1.54, 1.807) is 0 Å². The molecule has 0 heterocycles. The lowest BCUT2D eigenvalue weighted by Crippen LogP contribution is -2.55. The number of ether oxygens (including phenoxy) is 1. The summed E-state index contributed by atoms with van der Waals surface area (Å²) in [4.78, 5) is 36.0. The molecule has 1 N–H and O–H groups in total. The first-order chi connectivity index (χ1) is 11.9. The fourth-order valence-electron chi connectivity index (χ4n) is 2.15. The first-order valence-electron chi connectivity index (χ1n) is 7.99. The second kappa shape index (κ2) is 11.5. The number of rotatable bonds is 10. The Morgan fingerprint density at radius 1 is 0.923 bits per heavy atom. The number of carbonyl (C=O) groups is 3. The highest BCUT2D eigenvalue weighted by atomic mass is 31.0. The lowest BCUT2D eigenvalue weighted by atomic mass is 9.91. The molecule has 0 aromatic rings. The molecule has 0 aliphatic heterocycles. The van der Waals surface area contributed by atoms with Gasteiger partial charge in [-0.3, -0.25) is 19.7 Å². The molecule has 0 amide bonds. The predicted molar refractivity (Wildman–Crippen MR) is 107 cm³/mol. The molecule has 26 heavy (non-hydrogen) atoms. The van der Waals surface area contributed by atoms with Gasteiger partial charge in [0.15, 0.2) is 0 Å². The second-order valence-electron chi connectivity index (χ2n) is 7.39. The molecule has 0 fully saturated rings. The van der Waals surface area contributed by atoms with E-state index in [0.717, 1.165) is 0 Å². The topological polar surface area (TPSA) is 100 Å². The monoisotopic (exact) mass is 429 g/mol. The van der Waals surface area contributed by atoms with Crippen molar-refractivity contribution >= 4 is 46.3 Å². The third kappa shape index (κ3) is 10.1. The third-order valence-corrected chi connectivity index (χ3v) is 4.25. The van der Waals surface area contributed by atoms with Crippen LogP contribution in [-0.4, -0.2) is 41.7 Å². The normalized spacial score (nSPS) is 14.3. The zero-order chi connectivity index (χ0) is 20.5. The van der Waals surface area contributed by atoms with Gasteiger partial charge in [0.2, 0.25) is 0 Å². The first kappa shape index (κ1) is 25.6. The van der Waals surface area contributed by atoms with Crippen LogP contribution in [0.1, 0.15) is 47.5 Å². The van der Waals surface area contributed by atoms with Gasteiger partial charge in [0, 0.05) is 12.1 Å². The fraction of sp³-hybridized carbons (Fsp3) is 0.800. The van der Waals surface area contributed by atoms with E-state index >= 15 is 0 Å². The SMILES string of the molecule is CC(C)(CCOC(C)(C)C)NC(C(=O)OP)C(CC(=O)OP)C(=O)OP. The summed E-state index contributed by atoms with van der Waals surface area (Å²) in [6.07, 6.45) is 0.213. The molecule has 0 saturated heterocycles. The van der Waals surface area contributed by atoms with E-state index in [1.165, 1.54) is 0 Å². The van der Waals surface area contributed by atoms with Crippen LogP contribution in [0.25, 0.3) is 0 Å². The minimum atomic E-state index is -1.11. The van der Waals surface area contributed by atoms with E-state index in [2.05, 4.69) is 14.4 Å². The summed E-state index contributed by atoms with van der Waals surface area (Å²) in [5.41, 5.74) is -0.873. The highest BCUT2D eigenvalue weighted by Gasteiger charge is 2.40. The van der Waals surface area contributed by atoms with Crippen molar-refractivity contribution in [3.05, 3.63) is 0 Å². The molecule has 0 radical (unpaired) electrons. The zero-order valence-electron chi connectivity index (χ0n) is 15.9. The molecule has 8 nitrogen and oxygen atoms in total. The smallest absolute Gasteiger partial charge is 0.326 e. The van der Waals surface area contributed by atoms with Crippen LogP contribution in [0.15, 0.2) is 0 Å². The molecular formula is C15H30NO7P3. The van der Waals surface area contributed by atoms with Gasteiger partial charge in [-0.1, -0.05) is 0 Å². The Morgan fingerprint density at radius 2 is 1.46 bits per heavy atom. The molecule has 11 heteroatoms. The standard InChI is InChI=1S/C15H30NO7P3/c1-14(2,3)20-7-6-15(4,5)16-11(13(19)23-26)9(12(18)22-25)8-10(17)21-24/h9,11,16H,6-8,24-26H2,1-5H3. The maximum absolute atomic E-state index is 12.2. The summed E-state index contributed by atoms with van der Waals surface area (Å²) in [6, 6.07) is -1.10. The Kier molecular flexibility index (Phi) is 11.3. The largest absolute Gasteiger partial charge is 0.451 e. The molecule has 5 unspecified atom stereocenters. The van der Waals surface area contributed by atoms with Gasteiger partial charge < -0.3 is 18.3 Å². The summed E-state index contributed by atoms with van der Waals surface area (Å²) < 4.78 is 19.6. The molecule has 0 aliphatic carbocycles. The van der Waals surface area contributed by atoms with Gasteiger partial charge in [-0.25, -0.2) is 0 Å². The van der Waals surface area contributed by atoms with Crippen molar-refractivity contribution in [3.63, 3.8) is 0 Å². The highest BCUT2D eigenvalue weighted by Crippen LogP contribution is 2.22. The van der Waals surface area contributed by atoms with E-state index in [9.17, 15) is 14.4 Å². The molecule has 0 aromatic carbocycles. The number of nitrogens with one attached hydrogen (secondary N) is 1. The lowest BCUT2D eigenvalue weighted by molar-refractivity contribution is -0.150. The Balaban J connectivity index is 5.33. The van der Waals surface area contributed by atoms with Gasteiger partial charge in [0.1, 0.15) is 6.04 Å². The van der Waals surface area contributed by atoms with Gasteiger partial charge in [0.05, 0.1) is 46.3 Å². The molecule has 5 atom stereocenters. The van der Waals surface area contributed by atoms with Crippen LogP contribution < -0.4 is 5.32 Å². The fourth-order valence-corrected chi connectivity index (χ4v) is 2.57. The maximum Gasteiger partial charge on any atom is 0.326 e. The maximum atomic E-state index is 12.2. The van der Waals surface area contributed by atoms with Crippen LogP contribution in [0, 0.1) is 5.92 Å². The van der Waals surface area contributed by atoms with E-state index in [0.29, 0.717) is 13.0 Å². The summed E-state index contributed by atoms with van der Waals surface area (Å²) >= 11 is 0. The average Bonchev–Trinajstić information content (AvgIpc) is 2.54. The summed E-state index contributed by atoms with van der Waals surface area (Å²) in [7, 11) is 5.47. The summed E-state index contributed by atoms with van der Waals surface area (Å²) in [6.45, 7) is 10.0. The molecule has 152 valence electrons. The Bertz CT molecular complexity index is 494.